The van der Waals surface area contributed by atoms with Gasteiger partial charge in [-0.1, -0.05) is 0 Å². The molecule has 58 nitrogen and oxygen atoms in total. The average Bonchev–Trinajstić information content (AvgIpc) is 0.788. The largest absolute Gasteiger partial charge is 0.477 e. The summed E-state index contributed by atoms with van der Waals surface area (Å²) in [4.78, 5) is 63.6. The van der Waals surface area contributed by atoms with Crippen LogP contribution in [-0.4, -0.2) is 561 Å². The van der Waals surface area contributed by atoms with Gasteiger partial charge < -0.3 is 264 Å². The minimum absolute atomic E-state index is 0.812. The molecular formula is C71H118N4O54. The number of aliphatic hydroxyl groups excluding tert-OH is 29. The highest BCUT2D eigenvalue weighted by molar-refractivity contribution is 5.77. The fourth-order valence-corrected chi connectivity index (χ4v) is 16.5. The molecule has 0 aromatic heterocycles. The molecule has 4 amide bonds. The van der Waals surface area contributed by atoms with Crippen LogP contribution >= 0.6 is 0 Å². The highest BCUT2D eigenvalue weighted by Crippen LogP contribution is 2.42. The molecule has 10 saturated heterocycles. The van der Waals surface area contributed by atoms with E-state index in [2.05, 4.69) is 21.3 Å². The SMILES string of the molecule is CC(=O)N[C@H]1[C@H](O[C@H]2[C@H](O)[C@@H](NC(C)=O)C(O)O[C@@H]2CO)O[C@H](CO)[C@@H](O[C@@H]2O[C@H](CO[C@H]3O[C@H](CO)[C@@H](O)[C@H](O[C@H]4O[C@H](CO)[C@@H](O)[C@H](O)[C@@H]4O[C@H]4O[C@H](CO)[C@@H](O)[C@H](O)[C@@H]4O)[C@@H]3O)[C@@H](O)[C@H](O[C@H]3O[C@H](CO)[C@@H](O)[C@H](O)[C@@H]3O[C@@H]3O[C@H](CO)[C@@H](O[C@@H]4O[C@H](CO[C@]5(C(=O)O)C[C@H](O)[C@@H](NC(C)=O)[C@H]([C@H](O)[C@H](O)CO)O5)[C@H](O)[C@H](O)[C@H]4O)[C@H](O)[C@H]3NC(C)=O)[C@@H]2O)[C@@H]1O. The number of aliphatic hydroxyl groups is 29. The lowest BCUT2D eigenvalue weighted by atomic mass is 9.88. The van der Waals surface area contributed by atoms with Crippen molar-refractivity contribution in [3.05, 3.63) is 0 Å². The lowest BCUT2D eigenvalue weighted by molar-refractivity contribution is -0.400. The van der Waals surface area contributed by atoms with Crippen molar-refractivity contribution in [2.45, 2.75) is 347 Å². The van der Waals surface area contributed by atoms with Crippen LogP contribution < -0.4 is 21.3 Å². The van der Waals surface area contributed by atoms with Crippen molar-refractivity contribution in [2.75, 3.05) is 66.1 Å². The van der Waals surface area contributed by atoms with Crippen molar-refractivity contribution in [3.8, 4) is 0 Å². The number of nitrogens with one attached hydrogen (secondary N) is 4. The Labute approximate surface area is 728 Å². The molecule has 0 radical (unpaired) electrons. The Morgan fingerprint density at radius 2 is 0.628 bits per heavy atom. The van der Waals surface area contributed by atoms with Crippen LogP contribution in [0.4, 0.5) is 0 Å². The minimum atomic E-state index is -3.11. The Balaban J connectivity index is 0.946. The van der Waals surface area contributed by atoms with Crippen LogP contribution in [0.25, 0.3) is 0 Å². The van der Waals surface area contributed by atoms with Crippen LogP contribution in [-0.2, 0) is 114 Å². The van der Waals surface area contributed by atoms with Crippen molar-refractivity contribution in [1.29, 1.82) is 0 Å². The number of hydrogen-bond acceptors (Lipinski definition) is 53. The van der Waals surface area contributed by atoms with Crippen molar-refractivity contribution in [1.82, 2.24) is 21.3 Å². The molecule has 0 aromatic carbocycles. The van der Waals surface area contributed by atoms with Gasteiger partial charge in [-0.25, -0.2) is 4.79 Å². The molecule has 129 heavy (non-hydrogen) atoms. The molecule has 0 bridgehead atoms. The van der Waals surface area contributed by atoms with Gasteiger partial charge >= 0.3 is 5.97 Å². The zero-order chi connectivity index (χ0) is 95.3. The van der Waals surface area contributed by atoms with Gasteiger partial charge in [-0.05, 0) is 0 Å². The first-order valence-electron chi connectivity index (χ1n) is 40.8. The first kappa shape index (κ1) is 106. The summed E-state index contributed by atoms with van der Waals surface area (Å²) in [5.74, 6) is -8.86. The summed E-state index contributed by atoms with van der Waals surface area (Å²) in [6.07, 6.45) is -102. The molecule has 10 fully saturated rings. The predicted molar refractivity (Wildman–Crippen MR) is 393 cm³/mol. The molecular weight excluding hydrogens is 1770 g/mol. The van der Waals surface area contributed by atoms with Crippen LogP contribution in [0.3, 0.4) is 0 Å². The number of carboxylic acid groups (broad SMARTS) is 1. The third-order valence-corrected chi connectivity index (χ3v) is 23.4. The second-order valence-electron chi connectivity index (χ2n) is 32.4. The molecule has 0 aliphatic carbocycles. The van der Waals surface area contributed by atoms with E-state index < -0.39 is 414 Å². The molecule has 51 atom stereocenters. The van der Waals surface area contributed by atoms with Crippen molar-refractivity contribution in [3.63, 3.8) is 0 Å². The number of hydrogen-bond donors (Lipinski definition) is 34. The van der Waals surface area contributed by atoms with Crippen LogP contribution in [0, 0.1) is 0 Å². The van der Waals surface area contributed by atoms with Crippen LogP contribution in [0.1, 0.15) is 34.1 Å². The Kier molecular flexibility index (Phi) is 38.0. The number of rotatable bonds is 35. The summed E-state index contributed by atoms with van der Waals surface area (Å²) in [5, 5.41) is 343. The Bertz CT molecular complexity index is 3550. The summed E-state index contributed by atoms with van der Waals surface area (Å²) in [5.41, 5.74) is 0. The summed E-state index contributed by atoms with van der Waals surface area (Å²) in [7, 11) is 0. The number of carbonyl (C=O) groups excluding carboxylic acids is 4. The summed E-state index contributed by atoms with van der Waals surface area (Å²) < 4.78 is 112. The Morgan fingerprint density at radius 3 is 1.05 bits per heavy atom. The highest BCUT2D eigenvalue weighted by Gasteiger charge is 2.63. The zero-order valence-corrected chi connectivity index (χ0v) is 68.9. The normalized spacial score (nSPS) is 48.1. The van der Waals surface area contributed by atoms with Crippen molar-refractivity contribution < 1.29 is 267 Å². The van der Waals surface area contributed by atoms with E-state index in [1.165, 1.54) is 0 Å². The maximum Gasteiger partial charge on any atom is 0.364 e. The van der Waals surface area contributed by atoms with Crippen molar-refractivity contribution >= 4 is 29.6 Å². The number of carbonyl (C=O) groups is 5. The van der Waals surface area contributed by atoms with E-state index in [9.17, 15) is 177 Å². The number of amides is 4. The van der Waals surface area contributed by atoms with Crippen LogP contribution in [0.15, 0.2) is 0 Å². The fourth-order valence-electron chi connectivity index (χ4n) is 16.5. The smallest absolute Gasteiger partial charge is 0.364 e. The Morgan fingerprint density at radius 1 is 0.318 bits per heavy atom. The highest BCUT2D eigenvalue weighted by atomic mass is 16.8. The van der Waals surface area contributed by atoms with E-state index in [0.717, 1.165) is 27.7 Å². The van der Waals surface area contributed by atoms with Crippen LogP contribution in [0.5, 0.6) is 0 Å². The molecule has 58 heteroatoms. The first-order valence-corrected chi connectivity index (χ1v) is 40.8. The van der Waals surface area contributed by atoms with Gasteiger partial charge in [-0.2, -0.15) is 0 Å². The van der Waals surface area contributed by atoms with Gasteiger partial charge in [0.2, 0.25) is 23.6 Å². The fraction of sp³-hybridized carbons (Fsp3) is 0.930. The number of aliphatic carboxylic acids is 1. The average molecular weight is 1890 g/mol. The topological polar surface area (TPSA) is 916 Å². The number of ether oxygens (including phenoxy) is 19. The third kappa shape index (κ3) is 23.5. The molecule has 10 aliphatic heterocycles. The minimum Gasteiger partial charge on any atom is -0.477 e. The van der Waals surface area contributed by atoms with Gasteiger partial charge in [0.1, 0.15) is 238 Å². The molecule has 0 saturated carbocycles. The van der Waals surface area contributed by atoms with Gasteiger partial charge in [0.15, 0.2) is 56.6 Å². The number of carboxylic acids is 1. The molecule has 0 aromatic rings. The van der Waals surface area contributed by atoms with Gasteiger partial charge in [-0.15, -0.1) is 0 Å². The lowest BCUT2D eigenvalue weighted by Crippen LogP contribution is -2.71. The maximum atomic E-state index is 13.2. The first-order chi connectivity index (χ1) is 60.9. The van der Waals surface area contributed by atoms with E-state index in [1.54, 1.807) is 0 Å². The van der Waals surface area contributed by atoms with Crippen molar-refractivity contribution in [2.24, 2.45) is 0 Å². The summed E-state index contributed by atoms with van der Waals surface area (Å²) >= 11 is 0. The molecule has 10 aliphatic rings. The van der Waals surface area contributed by atoms with E-state index in [0.29, 0.717) is 0 Å². The monoisotopic (exact) mass is 1890 g/mol. The van der Waals surface area contributed by atoms with E-state index in [4.69, 9.17) is 90.0 Å². The van der Waals surface area contributed by atoms with Gasteiger partial charge in [0.05, 0.1) is 78.2 Å². The van der Waals surface area contributed by atoms with Gasteiger partial charge in [0, 0.05) is 34.1 Å². The van der Waals surface area contributed by atoms with Crippen LogP contribution in [0.2, 0.25) is 0 Å². The lowest BCUT2D eigenvalue weighted by Gasteiger charge is -2.51. The molecule has 10 heterocycles. The third-order valence-electron chi connectivity index (χ3n) is 23.4. The second kappa shape index (κ2) is 46.1. The van der Waals surface area contributed by atoms with E-state index in [-0.39, 0.29) is 0 Å². The predicted octanol–water partition coefficient (Wildman–Crippen LogP) is -23.0. The standard InChI is InChI=1S/C71H118N4O54/c1-16(84)72-31-20(88)5-71(70(109)110,129-56(31)35(90)21(89)6-76)112-15-30-39(94)46(101)50(105)66(121-30)123-54-27(12-82)119-63(34(44(54)99)75-19(4)87)127-59-47(102)37(92)23(8-78)116-68(59)126-58-41(96)29(120-67(52(58)107)124-55-28(13-83)118-62(33(43(55)98)74-18(3)86)122-53-26(11-81)113-61(108)32(42(53)97)73-17(2)85)14-111-64-51(106)57(40(95)25(10-80)114-64)125-69-60(48(103)38(93)24(9-79)117-69)128-65-49(104)45(100)36(91)22(7-77)115-65/h20-69,76-83,88-108H,5-15H2,1-4H3,(H,72,84)(H,73,85)(H,74,86)(H,75,87)(H,109,110)/t20-,21+,22+,23+,24+,25+,26+,27+,28+,29+,30+,31+,32+,33+,34+,35+,36+,37+,38+,39-,40+,41+,42+,43+,44+,45-,46-,47-,48-,49-,50+,51-,52-,53+,54+,55+,56+,57-,58-,59-,60-,61?,62-,63-,64-,65+,66-,67-,68+,69+,71+/m0/s1. The summed E-state index contributed by atoms with van der Waals surface area (Å²) in [6, 6.07) is -7.46. The molecule has 0 spiro atoms. The second-order valence-corrected chi connectivity index (χ2v) is 32.4. The molecule has 1 unspecified atom stereocenters. The van der Waals surface area contributed by atoms with Gasteiger partial charge in [0.25, 0.3) is 5.79 Å². The molecule has 746 valence electrons. The van der Waals surface area contributed by atoms with E-state index >= 15 is 0 Å². The quantitative estimate of drug-likeness (QED) is 0.0280. The Hall–Kier alpha value is -4.57. The maximum absolute atomic E-state index is 13.2. The molecule has 34 N–H and O–H groups in total. The zero-order valence-electron chi connectivity index (χ0n) is 68.9. The van der Waals surface area contributed by atoms with E-state index in [1.807, 2.05) is 0 Å². The van der Waals surface area contributed by atoms with Gasteiger partial charge in [-0.3, -0.25) is 19.2 Å². The summed E-state index contributed by atoms with van der Waals surface area (Å²) in [6.45, 7) is -8.03. The molecule has 10 rings (SSSR count).